The Labute approximate surface area is 126 Å². The van der Waals surface area contributed by atoms with Crippen molar-refractivity contribution in [1.82, 2.24) is 0 Å². The normalized spacial score (nSPS) is 13.1. The molecule has 0 aromatic heterocycles. The molecule has 21 heavy (non-hydrogen) atoms. The topological polar surface area (TPSA) is 121 Å². The van der Waals surface area contributed by atoms with Crippen molar-refractivity contribution in [3.63, 3.8) is 0 Å². The van der Waals surface area contributed by atoms with Crippen molar-refractivity contribution in [2.75, 3.05) is 47.3 Å². The first kappa shape index (κ1) is 20.8. The predicted octanol–water partition coefficient (Wildman–Crippen LogP) is 2.21. The van der Waals surface area contributed by atoms with Crippen LogP contribution in [-0.4, -0.2) is 47.3 Å². The van der Waals surface area contributed by atoms with Crippen LogP contribution in [0.3, 0.4) is 0 Å². The minimum atomic E-state index is -3.22. The third-order valence-corrected chi connectivity index (χ3v) is 7.24. The summed E-state index contributed by atoms with van der Waals surface area (Å²) in [6, 6.07) is 2.12. The predicted molar refractivity (Wildman–Crippen MR) is 79.3 cm³/mol. The number of hydrogen-bond donors (Lipinski definition) is 1. The molecule has 0 radical (unpaired) electrons. The maximum atomic E-state index is 12.0. The smallest absolute Gasteiger partial charge is 0.329 e. The Kier molecular flexibility index (Phi) is 8.91. The quantitative estimate of drug-likeness (QED) is 0.567. The molecular formula is C11H24N2O6P2. The molecule has 2 N–H and O–H groups in total. The Morgan fingerprint density at radius 2 is 1.29 bits per heavy atom. The summed E-state index contributed by atoms with van der Waals surface area (Å²) in [6.07, 6.45) is 0.503. The molecule has 0 aromatic rings. The van der Waals surface area contributed by atoms with E-state index in [1.165, 1.54) is 28.4 Å². The van der Waals surface area contributed by atoms with Gasteiger partial charge in [-0.05, 0) is 12.8 Å². The second-order valence-electron chi connectivity index (χ2n) is 4.50. The highest BCUT2D eigenvalue weighted by molar-refractivity contribution is 7.54. The maximum absolute atomic E-state index is 12.0. The molecule has 0 aliphatic rings. The van der Waals surface area contributed by atoms with Gasteiger partial charge in [0, 0.05) is 35.0 Å². The van der Waals surface area contributed by atoms with Gasteiger partial charge in [0.1, 0.15) is 0 Å². The third-order valence-electron chi connectivity index (χ3n) is 3.47. The van der Waals surface area contributed by atoms with Crippen molar-refractivity contribution in [3.05, 3.63) is 0 Å². The van der Waals surface area contributed by atoms with Gasteiger partial charge in [-0.2, -0.15) is 5.26 Å². The van der Waals surface area contributed by atoms with E-state index < -0.39 is 20.6 Å². The van der Waals surface area contributed by atoms with Crippen LogP contribution in [0.15, 0.2) is 0 Å². The Bertz CT molecular complexity index is 404. The molecule has 0 saturated carbocycles. The molecule has 0 aliphatic heterocycles. The first-order valence-electron chi connectivity index (χ1n) is 6.30. The number of nitrogens with two attached hydrogens (primary N) is 1. The van der Waals surface area contributed by atoms with Crippen molar-refractivity contribution >= 4 is 15.2 Å². The first-order valence-corrected chi connectivity index (χ1v) is 9.76. The Morgan fingerprint density at radius 1 is 0.952 bits per heavy atom. The van der Waals surface area contributed by atoms with Crippen LogP contribution in [0, 0.1) is 16.7 Å². The lowest BCUT2D eigenvalue weighted by Gasteiger charge is -2.27. The van der Waals surface area contributed by atoms with Gasteiger partial charge in [-0.15, -0.1) is 0 Å². The van der Waals surface area contributed by atoms with Gasteiger partial charge >= 0.3 is 15.2 Å². The van der Waals surface area contributed by atoms with Gasteiger partial charge in [0.15, 0.2) is 0 Å². The van der Waals surface area contributed by atoms with Gasteiger partial charge < -0.3 is 23.8 Å². The SMILES string of the molecule is COP(=O)(CCC(C#N)(CN)CCP(=O)(OC)OC)OC. The molecule has 8 nitrogen and oxygen atoms in total. The highest BCUT2D eigenvalue weighted by Crippen LogP contribution is 2.51. The van der Waals surface area contributed by atoms with Gasteiger partial charge in [-0.1, -0.05) is 0 Å². The van der Waals surface area contributed by atoms with E-state index in [4.69, 9.17) is 23.8 Å². The summed E-state index contributed by atoms with van der Waals surface area (Å²) >= 11 is 0. The second-order valence-corrected chi connectivity index (χ2v) is 9.29. The van der Waals surface area contributed by atoms with Crippen molar-refractivity contribution in [3.8, 4) is 6.07 Å². The van der Waals surface area contributed by atoms with E-state index in [1.54, 1.807) is 0 Å². The lowest BCUT2D eigenvalue weighted by Crippen LogP contribution is -2.31. The molecule has 10 heteroatoms. The van der Waals surface area contributed by atoms with Gasteiger partial charge in [-0.3, -0.25) is 9.13 Å². The van der Waals surface area contributed by atoms with Crippen LogP contribution in [0.25, 0.3) is 0 Å². The van der Waals surface area contributed by atoms with Crippen LogP contribution in [0.5, 0.6) is 0 Å². The molecule has 0 amide bonds. The van der Waals surface area contributed by atoms with Crippen LogP contribution in [0.2, 0.25) is 0 Å². The van der Waals surface area contributed by atoms with Gasteiger partial charge in [0.05, 0.1) is 23.8 Å². The number of hydrogen-bond acceptors (Lipinski definition) is 8. The summed E-state index contributed by atoms with van der Waals surface area (Å²) in [6.45, 7) is 0.0321. The molecule has 0 saturated heterocycles. The molecule has 0 heterocycles. The van der Waals surface area contributed by atoms with Crippen molar-refractivity contribution in [2.45, 2.75) is 12.8 Å². The van der Waals surface area contributed by atoms with Crippen LogP contribution < -0.4 is 5.73 Å². The van der Waals surface area contributed by atoms with Crippen LogP contribution in [-0.2, 0) is 27.2 Å². The summed E-state index contributed by atoms with van der Waals surface area (Å²) in [4.78, 5) is 0. The van der Waals surface area contributed by atoms with Gasteiger partial charge in [0.2, 0.25) is 0 Å². The van der Waals surface area contributed by atoms with Crippen molar-refractivity contribution in [1.29, 1.82) is 5.26 Å². The zero-order valence-corrected chi connectivity index (χ0v) is 14.7. The Hall–Kier alpha value is -0.250. The summed E-state index contributed by atoms with van der Waals surface area (Å²) in [5, 5.41) is 9.39. The van der Waals surface area contributed by atoms with Gasteiger partial charge in [-0.25, -0.2) is 0 Å². The second kappa shape index (κ2) is 9.02. The van der Waals surface area contributed by atoms with Crippen LogP contribution >= 0.6 is 15.2 Å². The molecule has 0 aromatic carbocycles. The fourth-order valence-electron chi connectivity index (χ4n) is 1.70. The fraction of sp³-hybridized carbons (Fsp3) is 0.909. The molecule has 124 valence electrons. The highest BCUT2D eigenvalue weighted by atomic mass is 31.2. The third kappa shape index (κ3) is 6.17. The number of nitriles is 1. The molecule has 0 unspecified atom stereocenters. The van der Waals surface area contributed by atoms with E-state index >= 15 is 0 Å². The van der Waals surface area contributed by atoms with Gasteiger partial charge in [0.25, 0.3) is 0 Å². The maximum Gasteiger partial charge on any atom is 0.330 e. The van der Waals surface area contributed by atoms with E-state index in [2.05, 4.69) is 6.07 Å². The van der Waals surface area contributed by atoms with E-state index in [-0.39, 0.29) is 31.7 Å². The summed E-state index contributed by atoms with van der Waals surface area (Å²) in [5.41, 5.74) is 4.69. The number of rotatable bonds is 11. The molecule has 0 aliphatic carbocycles. The summed E-state index contributed by atoms with van der Waals surface area (Å²) in [7, 11) is -1.31. The monoisotopic (exact) mass is 342 g/mol. The minimum absolute atomic E-state index is 0.0321. The molecule has 0 bridgehead atoms. The molecular weight excluding hydrogens is 318 g/mol. The van der Waals surface area contributed by atoms with E-state index in [1.807, 2.05) is 0 Å². The van der Waals surface area contributed by atoms with Crippen molar-refractivity contribution in [2.24, 2.45) is 11.1 Å². The molecule has 0 fully saturated rings. The molecule has 0 spiro atoms. The van der Waals surface area contributed by atoms with Crippen LogP contribution in [0.1, 0.15) is 12.8 Å². The van der Waals surface area contributed by atoms with E-state index in [0.717, 1.165) is 0 Å². The standard InChI is InChI=1S/C11H24N2O6P2/c1-16-20(14,17-2)7-5-11(9-12,10-13)6-8-21(15,18-3)19-4/h5-9,12H2,1-4H3. The minimum Gasteiger partial charge on any atom is -0.329 e. The van der Waals surface area contributed by atoms with E-state index in [0.29, 0.717) is 0 Å². The zero-order valence-electron chi connectivity index (χ0n) is 12.9. The lowest BCUT2D eigenvalue weighted by atomic mass is 9.84. The van der Waals surface area contributed by atoms with Crippen LogP contribution in [0.4, 0.5) is 0 Å². The summed E-state index contributed by atoms with van der Waals surface area (Å²) < 4.78 is 43.4. The lowest BCUT2D eigenvalue weighted by molar-refractivity contribution is 0.260. The Balaban J connectivity index is 4.91. The molecule has 0 rings (SSSR count). The zero-order chi connectivity index (χ0) is 16.6. The first-order chi connectivity index (χ1) is 9.78. The summed E-state index contributed by atoms with van der Waals surface area (Å²) in [5.74, 6) is 0. The number of nitrogens with zero attached hydrogens (tertiary/aromatic N) is 1. The highest BCUT2D eigenvalue weighted by Gasteiger charge is 2.36. The molecule has 0 atom stereocenters. The van der Waals surface area contributed by atoms with E-state index in [9.17, 15) is 14.4 Å². The average molecular weight is 342 g/mol. The largest absolute Gasteiger partial charge is 0.330 e. The average Bonchev–Trinajstić information content (AvgIpc) is 2.55. The fourth-order valence-corrected chi connectivity index (χ4v) is 4.13. The Morgan fingerprint density at radius 3 is 1.48 bits per heavy atom. The van der Waals surface area contributed by atoms with Crippen molar-refractivity contribution < 1.29 is 27.2 Å².